The van der Waals surface area contributed by atoms with E-state index in [4.69, 9.17) is 27.4 Å². The van der Waals surface area contributed by atoms with Crippen molar-refractivity contribution in [3.05, 3.63) is 39.7 Å². The Labute approximate surface area is 286 Å². The molecule has 0 aliphatic carbocycles. The van der Waals surface area contributed by atoms with Crippen LogP contribution in [0.5, 0.6) is 0 Å². The first-order valence-corrected chi connectivity index (χ1v) is 15.0. The molecule has 0 radical (unpaired) electrons. The number of nitrogens with two attached hydrogens (primary N) is 4. The Balaban J connectivity index is 2.35. The van der Waals surface area contributed by atoms with E-state index in [-0.39, 0.29) is 12.1 Å². The number of Topliss-reactive ketones (excluding diaryl/α,β-unsaturated/α-hetero) is 1. The highest BCUT2D eigenvalue weighted by molar-refractivity contribution is 6.03. The van der Waals surface area contributed by atoms with Gasteiger partial charge in [0.15, 0.2) is 5.78 Å². The number of anilines is 1. The van der Waals surface area contributed by atoms with Gasteiger partial charge >= 0.3 is 11.8 Å². The Kier molecular flexibility index (Phi) is 13.9. The summed E-state index contributed by atoms with van der Waals surface area (Å²) in [5, 5.41) is 8.49. The zero-order valence-corrected chi connectivity index (χ0v) is 27.5. The summed E-state index contributed by atoms with van der Waals surface area (Å²) in [7, 11) is 0. The molecule has 0 aliphatic heterocycles. The number of halogens is 3. The van der Waals surface area contributed by atoms with E-state index in [0.717, 1.165) is 25.1 Å². The smallest absolute Gasteiger partial charge is 0.418 e. The predicted octanol–water partition coefficient (Wildman–Crippen LogP) is -1.59. The van der Waals surface area contributed by atoms with Crippen molar-refractivity contribution in [3.8, 4) is 0 Å². The van der Waals surface area contributed by atoms with Crippen molar-refractivity contribution in [1.82, 2.24) is 16.0 Å². The number of nitrogens with one attached hydrogen (secondary N) is 4. The number of hydrogen-bond acceptors (Lipinski definition) is 11. The van der Waals surface area contributed by atoms with Crippen molar-refractivity contribution in [2.75, 3.05) is 5.32 Å². The van der Waals surface area contributed by atoms with E-state index in [1.54, 1.807) is 0 Å². The third-order valence-electron chi connectivity index (χ3n) is 7.17. The van der Waals surface area contributed by atoms with Gasteiger partial charge in [-0.2, -0.15) is 13.2 Å². The molecule has 0 aliphatic rings. The maximum Gasteiger partial charge on any atom is 0.418 e. The van der Waals surface area contributed by atoms with Crippen LogP contribution in [0.2, 0.25) is 0 Å². The fourth-order valence-corrected chi connectivity index (χ4v) is 4.73. The molecule has 0 fully saturated rings. The van der Waals surface area contributed by atoms with Crippen LogP contribution in [0.25, 0.3) is 11.0 Å². The molecule has 0 saturated carbocycles. The summed E-state index contributed by atoms with van der Waals surface area (Å²) in [4.78, 5) is 111. The molecule has 0 saturated heterocycles. The van der Waals surface area contributed by atoms with Gasteiger partial charge in [-0.05, 0) is 31.4 Å². The average molecular weight is 727 g/mol. The van der Waals surface area contributed by atoms with E-state index in [2.05, 4.69) is 21.3 Å². The number of benzene rings is 1. The number of carbonyl (C=O) groups excluding carboxylic acids is 8. The van der Waals surface area contributed by atoms with E-state index in [9.17, 15) is 56.3 Å². The molecular formula is C30H37F3N8O10. The molecule has 2 aromatic rings. The number of ketones is 1. The lowest BCUT2D eigenvalue weighted by atomic mass is 10.0. The molecule has 1 heterocycles. The minimum Gasteiger partial charge on any atom is -0.422 e. The van der Waals surface area contributed by atoms with Crippen LogP contribution >= 0.6 is 0 Å². The first-order chi connectivity index (χ1) is 23.5. The van der Waals surface area contributed by atoms with Crippen LogP contribution in [0.1, 0.15) is 62.4 Å². The Morgan fingerprint density at radius 1 is 0.804 bits per heavy atom. The minimum absolute atomic E-state index is 0.251. The molecule has 1 aromatic carbocycles. The molecule has 7 amide bonds. The van der Waals surface area contributed by atoms with Crippen LogP contribution in [-0.4, -0.2) is 71.3 Å². The van der Waals surface area contributed by atoms with Gasteiger partial charge in [-0.3, -0.25) is 38.4 Å². The Bertz CT molecular complexity index is 1790. The van der Waals surface area contributed by atoms with Crippen LogP contribution in [0.3, 0.4) is 0 Å². The van der Waals surface area contributed by atoms with E-state index in [1.165, 1.54) is 13.8 Å². The number of hydrogen-bond donors (Lipinski definition) is 8. The Morgan fingerprint density at radius 3 is 1.90 bits per heavy atom. The molecule has 2 rings (SSSR count). The number of carbonyl (C=O) groups is 8. The van der Waals surface area contributed by atoms with Gasteiger partial charge in [-0.15, -0.1) is 0 Å². The third-order valence-corrected chi connectivity index (χ3v) is 7.17. The SMILES string of the molecule is CC(=O)c1c(C(F)(F)F)c2ccc(NC(=O)[C@H](CC(N)=O)NC(=O)[C@@H](NC(=O)[C@H](CCC(N)=O)NC(=O)[C@@H](N)CC(N)=O)C(C)C)cc2oc1=O. The van der Waals surface area contributed by atoms with Crippen molar-refractivity contribution in [2.45, 2.75) is 76.8 Å². The second-order valence-electron chi connectivity index (χ2n) is 11.7. The van der Waals surface area contributed by atoms with Gasteiger partial charge in [0.25, 0.3) is 0 Å². The zero-order valence-electron chi connectivity index (χ0n) is 27.5. The van der Waals surface area contributed by atoms with Gasteiger partial charge in [0.05, 0.1) is 24.4 Å². The summed E-state index contributed by atoms with van der Waals surface area (Å²) < 4.78 is 46.5. The lowest BCUT2D eigenvalue weighted by Gasteiger charge is -2.27. The number of primary amides is 3. The second kappa shape index (κ2) is 17.2. The van der Waals surface area contributed by atoms with Crippen LogP contribution < -0.4 is 49.8 Å². The number of rotatable bonds is 17. The van der Waals surface area contributed by atoms with Crippen LogP contribution in [0.15, 0.2) is 27.4 Å². The highest BCUT2D eigenvalue weighted by atomic mass is 19.4. The molecule has 4 atom stereocenters. The molecule has 0 unspecified atom stereocenters. The summed E-state index contributed by atoms with van der Waals surface area (Å²) in [6.45, 7) is 3.74. The van der Waals surface area contributed by atoms with E-state index in [1.807, 2.05) is 0 Å². The Morgan fingerprint density at radius 2 is 1.39 bits per heavy atom. The Hall–Kier alpha value is -5.86. The summed E-state index contributed by atoms with van der Waals surface area (Å²) in [5.74, 6) is -8.82. The van der Waals surface area contributed by atoms with Gasteiger partial charge < -0.3 is 48.6 Å². The molecule has 18 nitrogen and oxygen atoms in total. The molecule has 21 heteroatoms. The second-order valence-corrected chi connectivity index (χ2v) is 11.7. The molecule has 0 spiro atoms. The number of fused-ring (bicyclic) bond motifs is 1. The molecule has 278 valence electrons. The van der Waals surface area contributed by atoms with Crippen molar-refractivity contribution in [3.63, 3.8) is 0 Å². The third kappa shape index (κ3) is 11.6. The van der Waals surface area contributed by atoms with Gasteiger partial charge in [-0.1, -0.05) is 13.8 Å². The molecule has 51 heavy (non-hydrogen) atoms. The summed E-state index contributed by atoms with van der Waals surface area (Å²) in [6, 6.07) is -3.44. The molecule has 12 N–H and O–H groups in total. The van der Waals surface area contributed by atoms with E-state index in [0.29, 0.717) is 0 Å². The van der Waals surface area contributed by atoms with E-state index >= 15 is 0 Å². The maximum atomic E-state index is 13.9. The maximum absolute atomic E-state index is 13.9. The zero-order chi connectivity index (χ0) is 39.0. The summed E-state index contributed by atoms with van der Waals surface area (Å²) >= 11 is 0. The standard InChI is InChI=1S/C30H37F3N8O10/c1-11(2)24(41-26(47)16(6-7-19(35)43)39-25(46)15(34)9-20(36)44)28(49)40-17(10-21(37)45)27(48)38-13-4-5-14-18(8-13)51-29(50)22(12(3)42)23(14)30(31,32)33/h4-5,8,11,15-17,24H,6-7,9-10,34H2,1-3H3,(H2,35,43)(H2,36,44)(H2,37,45)(H,38,48)(H,39,46)(H,40,49)(H,41,47)/t15-,16-,17-,24-/m0/s1. The van der Waals surface area contributed by atoms with Crippen LogP contribution in [-0.2, 0) is 39.7 Å². The van der Waals surface area contributed by atoms with E-state index < -0.39 is 130 Å². The molecular weight excluding hydrogens is 689 g/mol. The van der Waals surface area contributed by atoms with Crippen molar-refractivity contribution >= 4 is 63.8 Å². The highest BCUT2D eigenvalue weighted by Crippen LogP contribution is 2.37. The summed E-state index contributed by atoms with van der Waals surface area (Å²) in [6.07, 6.45) is -7.24. The lowest BCUT2D eigenvalue weighted by molar-refractivity contribution is -0.137. The van der Waals surface area contributed by atoms with Crippen molar-refractivity contribution < 1.29 is 55.9 Å². The first-order valence-electron chi connectivity index (χ1n) is 15.0. The first kappa shape index (κ1) is 41.3. The van der Waals surface area contributed by atoms with Crippen molar-refractivity contribution in [1.29, 1.82) is 0 Å². The highest BCUT2D eigenvalue weighted by Gasteiger charge is 2.39. The molecule has 1 aromatic heterocycles. The quantitative estimate of drug-likeness (QED) is 0.0678. The van der Waals surface area contributed by atoms with Gasteiger partial charge in [0.2, 0.25) is 41.4 Å². The fraction of sp³-hybridized carbons (Fsp3) is 0.433. The predicted molar refractivity (Wildman–Crippen MR) is 171 cm³/mol. The average Bonchev–Trinajstić information content (AvgIpc) is 2.98. The van der Waals surface area contributed by atoms with Crippen LogP contribution in [0.4, 0.5) is 18.9 Å². The number of alkyl halides is 3. The normalized spacial score (nSPS) is 13.7. The molecule has 0 bridgehead atoms. The lowest BCUT2D eigenvalue weighted by Crippen LogP contribution is -2.59. The largest absolute Gasteiger partial charge is 0.422 e. The monoisotopic (exact) mass is 726 g/mol. The fourth-order valence-electron chi connectivity index (χ4n) is 4.73. The van der Waals surface area contributed by atoms with Gasteiger partial charge in [0, 0.05) is 23.6 Å². The minimum atomic E-state index is -5.13. The van der Waals surface area contributed by atoms with Gasteiger partial charge in [0.1, 0.15) is 29.3 Å². The van der Waals surface area contributed by atoms with Gasteiger partial charge in [-0.25, -0.2) is 4.79 Å². The topological polar surface area (TPSA) is 319 Å². The van der Waals surface area contributed by atoms with Crippen molar-refractivity contribution in [2.24, 2.45) is 28.9 Å². The van der Waals surface area contributed by atoms with Crippen LogP contribution in [0, 0.1) is 5.92 Å². The summed E-state index contributed by atoms with van der Waals surface area (Å²) in [5.41, 5.74) is 15.9. The number of amides is 7.